The fourth-order valence-electron chi connectivity index (χ4n) is 2.43. The van der Waals surface area contributed by atoms with Crippen LogP contribution >= 0.6 is 0 Å². The fourth-order valence-corrected chi connectivity index (χ4v) is 2.43. The molecule has 0 saturated heterocycles. The number of hydrogen-bond acceptors (Lipinski definition) is 7. The van der Waals surface area contributed by atoms with Crippen LogP contribution in [0.1, 0.15) is 12.5 Å². The molecule has 9 heteroatoms. The van der Waals surface area contributed by atoms with E-state index in [1.54, 1.807) is 0 Å². The van der Waals surface area contributed by atoms with Crippen LogP contribution < -0.4 is 5.49 Å². The third-order valence-electron chi connectivity index (χ3n) is 3.49. The lowest BCUT2D eigenvalue weighted by atomic mass is 10.2. The van der Waals surface area contributed by atoms with Gasteiger partial charge in [-0.1, -0.05) is 0 Å². The van der Waals surface area contributed by atoms with Gasteiger partial charge in [0, 0.05) is 0 Å². The topological polar surface area (TPSA) is 140 Å². The van der Waals surface area contributed by atoms with Gasteiger partial charge in [-0.25, -0.2) is 9.97 Å². The van der Waals surface area contributed by atoms with Crippen molar-refractivity contribution in [3.05, 3.63) is 18.1 Å². The van der Waals surface area contributed by atoms with Crippen LogP contribution in [0.5, 0.6) is 0 Å². The van der Waals surface area contributed by atoms with Gasteiger partial charge < -0.3 is 25.1 Å². The molecule has 5 N–H and O–H groups in total. The van der Waals surface area contributed by atoms with Crippen LogP contribution in [0, 0.1) is 5.41 Å². The van der Waals surface area contributed by atoms with Gasteiger partial charge >= 0.3 is 0 Å². The number of aromatic nitrogens is 4. The van der Waals surface area contributed by atoms with Crippen LogP contribution in [0.3, 0.4) is 0 Å². The second-order valence-electron chi connectivity index (χ2n) is 4.61. The first-order valence-corrected chi connectivity index (χ1v) is 5.73. The molecule has 0 aromatic carbocycles. The molecule has 1 aliphatic carbocycles. The smallest absolute Gasteiger partial charge is 0.192 e. The van der Waals surface area contributed by atoms with E-state index in [-0.39, 0.29) is 17.4 Å². The van der Waals surface area contributed by atoms with Crippen LogP contribution in [0.4, 0.5) is 0 Å². The zero-order valence-electron chi connectivity index (χ0n) is 9.75. The molecule has 0 bridgehead atoms. The summed E-state index contributed by atoms with van der Waals surface area (Å²) in [6.07, 6.45) is -0.781. The van der Waals surface area contributed by atoms with Crippen LogP contribution in [0.2, 0.25) is 0 Å². The third-order valence-corrected chi connectivity index (χ3v) is 3.49. The second kappa shape index (κ2) is 4.02. The lowest BCUT2D eigenvalue weighted by Crippen LogP contribution is -2.31. The highest BCUT2D eigenvalue weighted by atomic mass is 16.5. The number of rotatable bonds is 1. The predicted molar refractivity (Wildman–Crippen MR) is 60.2 cm³/mol. The van der Waals surface area contributed by atoms with Crippen molar-refractivity contribution in [1.82, 2.24) is 19.3 Å². The number of nitrogens with zero attached hydrogens (tertiary/aromatic N) is 4. The van der Waals surface area contributed by atoms with Crippen molar-refractivity contribution in [2.45, 2.75) is 30.8 Å². The molecule has 0 unspecified atom stereocenters. The van der Waals surface area contributed by atoms with E-state index in [1.807, 2.05) is 0 Å². The van der Waals surface area contributed by atoms with E-state index in [4.69, 9.17) is 5.41 Å². The Labute approximate surface area is 106 Å². The van der Waals surface area contributed by atoms with Crippen molar-refractivity contribution < 1.29 is 20.5 Å². The molecule has 2 aromatic heterocycles. The number of imidazole rings is 1. The maximum Gasteiger partial charge on any atom is 0.192 e. The Bertz CT molecular complexity index is 680. The van der Waals surface area contributed by atoms with Crippen molar-refractivity contribution in [3.63, 3.8) is 0 Å². The molecule has 0 spiro atoms. The summed E-state index contributed by atoms with van der Waals surface area (Å²) in [5.41, 5.74) is 0.256. The van der Waals surface area contributed by atoms with Gasteiger partial charge in [-0.05, 0) is 6.42 Å². The Hall–Kier alpha value is -1.97. The first-order chi connectivity index (χ1) is 9.00. The summed E-state index contributed by atoms with van der Waals surface area (Å²) in [5, 5.41) is 46.0. The molecule has 1 saturated carbocycles. The normalized spacial score (nSPS) is 31.1. The SMILES string of the molecule is N=c1c2ncn([C@@H]3C[C@H](O)[C@@H](O)[C@H]3O)c2ncn1O. The summed E-state index contributed by atoms with van der Waals surface area (Å²) in [6, 6.07) is -0.573. The van der Waals surface area contributed by atoms with Crippen LogP contribution in [0.25, 0.3) is 11.2 Å². The molecule has 19 heavy (non-hydrogen) atoms. The van der Waals surface area contributed by atoms with Crippen molar-refractivity contribution in [1.29, 1.82) is 5.41 Å². The number of fused-ring (bicyclic) bond motifs is 1. The molecule has 2 heterocycles. The molecule has 3 rings (SSSR count). The highest BCUT2D eigenvalue weighted by molar-refractivity contribution is 5.68. The first kappa shape index (κ1) is 12.1. The predicted octanol–water partition coefficient (Wildman–Crippen LogP) is -2.02. The molecule has 1 fully saturated rings. The summed E-state index contributed by atoms with van der Waals surface area (Å²) < 4.78 is 2.03. The molecule has 2 aromatic rings. The van der Waals surface area contributed by atoms with E-state index in [2.05, 4.69) is 9.97 Å². The average molecular weight is 267 g/mol. The minimum absolute atomic E-state index is 0.164. The Morgan fingerprint density at radius 3 is 2.53 bits per heavy atom. The van der Waals surface area contributed by atoms with Gasteiger partial charge in [-0.15, -0.1) is 0 Å². The van der Waals surface area contributed by atoms with E-state index < -0.39 is 24.4 Å². The molecule has 9 nitrogen and oxygen atoms in total. The molecule has 0 amide bonds. The average Bonchev–Trinajstić information content (AvgIpc) is 2.91. The molecule has 0 aliphatic heterocycles. The first-order valence-electron chi connectivity index (χ1n) is 5.73. The summed E-state index contributed by atoms with van der Waals surface area (Å²) in [6.45, 7) is 0. The van der Waals surface area contributed by atoms with Crippen molar-refractivity contribution in [2.75, 3.05) is 0 Å². The van der Waals surface area contributed by atoms with Gasteiger partial charge in [-0.3, -0.25) is 5.41 Å². The fraction of sp³-hybridized carbons (Fsp3) is 0.500. The molecule has 1 aliphatic rings. The van der Waals surface area contributed by atoms with Gasteiger partial charge in [-0.2, -0.15) is 4.73 Å². The Kier molecular flexibility index (Phi) is 2.55. The van der Waals surface area contributed by atoms with Crippen molar-refractivity contribution >= 4 is 11.2 Å². The summed E-state index contributed by atoms with van der Waals surface area (Å²) in [5.74, 6) is 0. The summed E-state index contributed by atoms with van der Waals surface area (Å²) >= 11 is 0. The summed E-state index contributed by atoms with van der Waals surface area (Å²) in [4.78, 5) is 7.92. The maximum absolute atomic E-state index is 9.90. The van der Waals surface area contributed by atoms with Gasteiger partial charge in [0.1, 0.15) is 18.5 Å². The number of aliphatic hydroxyl groups excluding tert-OH is 3. The lowest BCUT2D eigenvalue weighted by molar-refractivity contribution is -0.0244. The number of aliphatic hydroxyl groups is 3. The molecular weight excluding hydrogens is 254 g/mol. The Balaban J connectivity index is 2.12. The monoisotopic (exact) mass is 267 g/mol. The number of nitrogens with one attached hydrogen (secondary N) is 1. The van der Waals surface area contributed by atoms with Crippen molar-refractivity contribution in [3.8, 4) is 0 Å². The lowest BCUT2D eigenvalue weighted by Gasteiger charge is -2.17. The molecule has 4 atom stereocenters. The minimum Gasteiger partial charge on any atom is -0.425 e. The quantitative estimate of drug-likeness (QED) is 0.378. The summed E-state index contributed by atoms with van der Waals surface area (Å²) in [7, 11) is 0. The van der Waals surface area contributed by atoms with E-state index in [9.17, 15) is 20.5 Å². The highest BCUT2D eigenvalue weighted by Crippen LogP contribution is 2.32. The van der Waals surface area contributed by atoms with E-state index in [0.29, 0.717) is 10.4 Å². The van der Waals surface area contributed by atoms with Gasteiger partial charge in [0.15, 0.2) is 16.7 Å². The third kappa shape index (κ3) is 1.63. The Morgan fingerprint density at radius 1 is 1.16 bits per heavy atom. The van der Waals surface area contributed by atoms with Gasteiger partial charge in [0.25, 0.3) is 0 Å². The molecule has 0 radical (unpaired) electrons. The zero-order chi connectivity index (χ0) is 13.7. The van der Waals surface area contributed by atoms with Gasteiger partial charge in [0.2, 0.25) is 0 Å². The minimum atomic E-state index is -1.22. The van der Waals surface area contributed by atoms with Crippen LogP contribution in [-0.4, -0.2) is 58.1 Å². The van der Waals surface area contributed by atoms with E-state index in [0.717, 1.165) is 6.33 Å². The van der Waals surface area contributed by atoms with Gasteiger partial charge in [0.05, 0.1) is 18.5 Å². The van der Waals surface area contributed by atoms with Crippen LogP contribution in [-0.2, 0) is 0 Å². The molecular formula is C10H13N5O4. The Morgan fingerprint density at radius 2 is 1.89 bits per heavy atom. The second-order valence-corrected chi connectivity index (χ2v) is 4.61. The van der Waals surface area contributed by atoms with Crippen LogP contribution in [0.15, 0.2) is 12.7 Å². The standard InChI is InChI=1S/C10H13N5O4/c11-9-6-10(13-3-15(9)19)14(2-12-6)4-1-5(16)8(18)7(4)17/h2-5,7-8,11,16-19H,1H2/t4-,5+,7+,8-/m1/s1. The van der Waals surface area contributed by atoms with E-state index >= 15 is 0 Å². The number of hydrogen-bond donors (Lipinski definition) is 5. The highest BCUT2D eigenvalue weighted by Gasteiger charge is 2.42. The van der Waals surface area contributed by atoms with E-state index in [1.165, 1.54) is 10.9 Å². The zero-order valence-corrected chi connectivity index (χ0v) is 9.75. The van der Waals surface area contributed by atoms with Crippen molar-refractivity contribution in [2.24, 2.45) is 0 Å². The maximum atomic E-state index is 9.90. The largest absolute Gasteiger partial charge is 0.425 e. The molecule has 102 valence electrons.